The highest BCUT2D eigenvalue weighted by Gasteiger charge is 1.71. The van der Waals surface area contributed by atoms with Crippen molar-refractivity contribution in [2.75, 3.05) is 20.3 Å². The summed E-state index contributed by atoms with van der Waals surface area (Å²) in [5.41, 5.74) is 0. The fourth-order valence-electron chi connectivity index (χ4n) is 0.260. The van der Waals surface area contributed by atoms with Gasteiger partial charge in [-0.2, -0.15) is 0 Å². The van der Waals surface area contributed by atoms with Gasteiger partial charge in [0.25, 0.3) is 0 Å². The molecule has 0 radical (unpaired) electrons. The molecular formula is C5H10N2. The highest BCUT2D eigenvalue weighted by atomic mass is 15.0. The summed E-state index contributed by atoms with van der Waals surface area (Å²) in [6.45, 7) is 1.42. The predicted molar refractivity (Wildman–Crippen MR) is 30.8 cm³/mol. The van der Waals surface area contributed by atoms with E-state index in [0.717, 1.165) is 6.67 Å². The van der Waals surface area contributed by atoms with Gasteiger partial charge in [-0.05, 0) is 7.05 Å². The third-order valence-corrected chi connectivity index (χ3v) is 0.529. The summed E-state index contributed by atoms with van der Waals surface area (Å²) in [5.74, 6) is 2.45. The molecule has 7 heavy (non-hydrogen) atoms. The van der Waals surface area contributed by atoms with Crippen LogP contribution in [0.4, 0.5) is 0 Å². The van der Waals surface area contributed by atoms with E-state index in [4.69, 9.17) is 6.42 Å². The van der Waals surface area contributed by atoms with Gasteiger partial charge in [-0.3, -0.25) is 5.32 Å². The SMILES string of the molecule is C#CCNCNC. The molecule has 0 aromatic heterocycles. The van der Waals surface area contributed by atoms with Crippen molar-refractivity contribution in [1.82, 2.24) is 10.6 Å². The van der Waals surface area contributed by atoms with Crippen molar-refractivity contribution in [3.05, 3.63) is 0 Å². The van der Waals surface area contributed by atoms with Crippen LogP contribution < -0.4 is 10.6 Å². The molecule has 0 unspecified atom stereocenters. The van der Waals surface area contributed by atoms with Crippen LogP contribution in [0.2, 0.25) is 0 Å². The zero-order valence-corrected chi connectivity index (χ0v) is 4.49. The Hall–Kier alpha value is -0.520. The molecule has 0 aliphatic carbocycles. The second-order valence-corrected chi connectivity index (χ2v) is 1.16. The predicted octanol–water partition coefficient (Wildman–Crippen LogP) is -0.614. The number of nitrogens with one attached hydrogen (secondary N) is 2. The maximum atomic E-state index is 4.93. The van der Waals surface area contributed by atoms with Gasteiger partial charge in [-0.25, -0.2) is 0 Å². The number of hydrogen-bond donors (Lipinski definition) is 2. The Balaban J connectivity index is 2.60. The highest BCUT2D eigenvalue weighted by Crippen LogP contribution is 1.46. The third-order valence-electron chi connectivity index (χ3n) is 0.529. The Labute approximate surface area is 44.3 Å². The topological polar surface area (TPSA) is 24.1 Å². The first-order valence-electron chi connectivity index (χ1n) is 2.20. The minimum absolute atomic E-state index is 0.640. The summed E-state index contributed by atoms with van der Waals surface area (Å²) in [4.78, 5) is 0. The summed E-state index contributed by atoms with van der Waals surface area (Å²) in [6, 6.07) is 0. The van der Waals surface area contributed by atoms with Gasteiger partial charge in [-0.1, -0.05) is 5.92 Å². The molecule has 0 saturated heterocycles. The first-order valence-corrected chi connectivity index (χ1v) is 2.20. The highest BCUT2D eigenvalue weighted by molar-refractivity contribution is 4.85. The summed E-state index contributed by atoms with van der Waals surface area (Å²) in [6.07, 6.45) is 4.93. The van der Waals surface area contributed by atoms with Crippen LogP contribution >= 0.6 is 0 Å². The molecule has 40 valence electrons. The maximum absolute atomic E-state index is 4.93. The van der Waals surface area contributed by atoms with E-state index in [1.807, 2.05) is 7.05 Å². The zero-order valence-electron chi connectivity index (χ0n) is 4.49. The Bertz CT molecular complexity index is 63.0. The average Bonchev–Trinajstić information content (AvgIpc) is 1.69. The van der Waals surface area contributed by atoms with Crippen LogP contribution in [0.5, 0.6) is 0 Å². The van der Waals surface area contributed by atoms with Crippen LogP contribution in [0.15, 0.2) is 0 Å². The van der Waals surface area contributed by atoms with E-state index in [-0.39, 0.29) is 0 Å². The van der Waals surface area contributed by atoms with E-state index in [9.17, 15) is 0 Å². The van der Waals surface area contributed by atoms with Crippen LogP contribution in [-0.2, 0) is 0 Å². The molecule has 0 aliphatic rings. The lowest BCUT2D eigenvalue weighted by molar-refractivity contribution is 0.680. The lowest BCUT2D eigenvalue weighted by Gasteiger charge is -1.94. The van der Waals surface area contributed by atoms with E-state index in [2.05, 4.69) is 16.6 Å². The van der Waals surface area contributed by atoms with E-state index in [0.29, 0.717) is 6.54 Å². The van der Waals surface area contributed by atoms with Gasteiger partial charge >= 0.3 is 0 Å². The smallest absolute Gasteiger partial charge is 0.0583 e. The van der Waals surface area contributed by atoms with Crippen LogP contribution in [0, 0.1) is 12.3 Å². The van der Waals surface area contributed by atoms with Gasteiger partial charge in [0.15, 0.2) is 0 Å². The normalized spacial score (nSPS) is 8.00. The fourth-order valence-corrected chi connectivity index (χ4v) is 0.260. The quantitative estimate of drug-likeness (QED) is 0.279. The van der Waals surface area contributed by atoms with Crippen molar-refractivity contribution < 1.29 is 0 Å². The monoisotopic (exact) mass is 98.1 g/mol. The molecular weight excluding hydrogens is 88.1 g/mol. The molecule has 2 nitrogen and oxygen atoms in total. The van der Waals surface area contributed by atoms with Crippen LogP contribution in [-0.4, -0.2) is 20.3 Å². The summed E-state index contributed by atoms with van der Waals surface area (Å²) < 4.78 is 0. The Morgan fingerprint density at radius 2 is 2.43 bits per heavy atom. The van der Waals surface area contributed by atoms with Gasteiger partial charge in [0.1, 0.15) is 0 Å². The van der Waals surface area contributed by atoms with E-state index >= 15 is 0 Å². The van der Waals surface area contributed by atoms with E-state index < -0.39 is 0 Å². The lowest BCUT2D eigenvalue weighted by atomic mass is 10.7. The fraction of sp³-hybridized carbons (Fsp3) is 0.600. The largest absolute Gasteiger partial charge is 0.308 e. The second-order valence-electron chi connectivity index (χ2n) is 1.16. The average molecular weight is 98.1 g/mol. The van der Waals surface area contributed by atoms with Crippen LogP contribution in [0.25, 0.3) is 0 Å². The molecule has 0 spiro atoms. The minimum Gasteiger partial charge on any atom is -0.308 e. The summed E-state index contributed by atoms with van der Waals surface area (Å²) in [7, 11) is 1.86. The van der Waals surface area contributed by atoms with Gasteiger partial charge in [-0.15, -0.1) is 6.42 Å². The first kappa shape index (κ1) is 6.48. The summed E-state index contributed by atoms with van der Waals surface area (Å²) >= 11 is 0. The second kappa shape index (κ2) is 5.48. The van der Waals surface area contributed by atoms with Crippen LogP contribution in [0.3, 0.4) is 0 Å². The standard InChI is InChI=1S/C5H10N2/c1-3-4-7-5-6-2/h1,6-7H,4-5H2,2H3. The zero-order chi connectivity index (χ0) is 5.54. The lowest BCUT2D eigenvalue weighted by Crippen LogP contribution is -2.25. The van der Waals surface area contributed by atoms with Crippen molar-refractivity contribution in [1.29, 1.82) is 0 Å². The van der Waals surface area contributed by atoms with Crippen molar-refractivity contribution in [3.8, 4) is 12.3 Å². The number of rotatable bonds is 3. The number of terminal acetylenes is 1. The molecule has 0 aromatic carbocycles. The first-order chi connectivity index (χ1) is 3.41. The molecule has 0 atom stereocenters. The van der Waals surface area contributed by atoms with Gasteiger partial charge in [0.05, 0.1) is 6.54 Å². The third kappa shape index (κ3) is 5.48. The molecule has 0 aliphatic heterocycles. The van der Waals surface area contributed by atoms with Gasteiger partial charge in [0.2, 0.25) is 0 Å². The van der Waals surface area contributed by atoms with Crippen molar-refractivity contribution in [2.24, 2.45) is 0 Å². The van der Waals surface area contributed by atoms with Crippen molar-refractivity contribution >= 4 is 0 Å². The van der Waals surface area contributed by atoms with Gasteiger partial charge < -0.3 is 5.32 Å². The molecule has 2 N–H and O–H groups in total. The van der Waals surface area contributed by atoms with E-state index in [1.54, 1.807) is 0 Å². The van der Waals surface area contributed by atoms with Crippen LogP contribution in [0.1, 0.15) is 0 Å². The molecule has 0 saturated carbocycles. The molecule has 0 rings (SSSR count). The molecule has 0 aromatic rings. The molecule has 0 heterocycles. The summed E-state index contributed by atoms with van der Waals surface area (Å²) in [5, 5.41) is 5.83. The molecule has 0 amide bonds. The maximum Gasteiger partial charge on any atom is 0.0583 e. The van der Waals surface area contributed by atoms with Crippen molar-refractivity contribution in [2.45, 2.75) is 0 Å². The van der Waals surface area contributed by atoms with Crippen molar-refractivity contribution in [3.63, 3.8) is 0 Å². The Morgan fingerprint density at radius 3 is 2.86 bits per heavy atom. The minimum atomic E-state index is 0.640. The van der Waals surface area contributed by atoms with E-state index in [1.165, 1.54) is 0 Å². The van der Waals surface area contributed by atoms with Gasteiger partial charge in [0, 0.05) is 6.67 Å². The molecule has 0 bridgehead atoms. The number of hydrogen-bond acceptors (Lipinski definition) is 2. The Kier molecular flexibility index (Phi) is 5.07. The molecule has 0 fully saturated rings. The Morgan fingerprint density at radius 1 is 1.71 bits per heavy atom. The molecule has 2 heteroatoms.